The Bertz CT molecular complexity index is 889. The third kappa shape index (κ3) is 7.29. The highest BCUT2D eigenvalue weighted by molar-refractivity contribution is 14.0. The fourth-order valence-corrected chi connectivity index (χ4v) is 3.58. The van der Waals surface area contributed by atoms with Crippen molar-refractivity contribution >= 4 is 29.9 Å². The van der Waals surface area contributed by atoms with Crippen LogP contribution in [-0.2, 0) is 13.1 Å². The molecule has 0 radical (unpaired) electrons. The quantitative estimate of drug-likeness (QED) is 0.322. The first kappa shape index (κ1) is 24.8. The molecule has 1 aliphatic heterocycles. The van der Waals surface area contributed by atoms with Crippen molar-refractivity contribution in [3.63, 3.8) is 0 Å². The SMILES string of the molecule is CN=C(NCc1ccc(C#N)cc1)NC1CCN(Cc2cc(OC)cc(OC)c2)C1.I. The second-order valence-electron chi connectivity index (χ2n) is 7.32. The lowest BCUT2D eigenvalue weighted by molar-refractivity contribution is 0.321. The molecule has 1 fully saturated rings. The van der Waals surface area contributed by atoms with Crippen LogP contribution in [0.3, 0.4) is 0 Å². The number of methoxy groups -OCH3 is 2. The summed E-state index contributed by atoms with van der Waals surface area (Å²) >= 11 is 0. The standard InChI is InChI=1S/C23H29N5O2.HI/c1-25-23(26-14-18-6-4-17(13-24)5-7-18)27-20-8-9-28(16-20)15-19-10-21(29-2)12-22(11-19)30-3;/h4-7,10-12,20H,8-9,14-16H2,1-3H3,(H2,25,26,27);1H. The van der Waals surface area contributed by atoms with Gasteiger partial charge < -0.3 is 20.1 Å². The van der Waals surface area contributed by atoms with E-state index in [-0.39, 0.29) is 24.0 Å². The van der Waals surface area contributed by atoms with Crippen molar-refractivity contribution in [3.8, 4) is 17.6 Å². The number of rotatable bonds is 7. The Morgan fingerprint density at radius 1 is 1.13 bits per heavy atom. The topological polar surface area (TPSA) is 81.9 Å². The average Bonchev–Trinajstić information content (AvgIpc) is 3.23. The van der Waals surface area contributed by atoms with Crippen molar-refractivity contribution in [1.29, 1.82) is 5.26 Å². The van der Waals surface area contributed by atoms with Crippen LogP contribution >= 0.6 is 24.0 Å². The van der Waals surface area contributed by atoms with Crippen molar-refractivity contribution in [3.05, 3.63) is 59.2 Å². The lowest BCUT2D eigenvalue weighted by atomic mass is 10.1. The molecule has 31 heavy (non-hydrogen) atoms. The summed E-state index contributed by atoms with van der Waals surface area (Å²) in [6.07, 6.45) is 1.05. The van der Waals surface area contributed by atoms with Gasteiger partial charge in [-0.1, -0.05) is 12.1 Å². The number of nitrogens with zero attached hydrogens (tertiary/aromatic N) is 3. The molecular formula is C23H30IN5O2. The number of hydrogen-bond donors (Lipinski definition) is 2. The van der Waals surface area contributed by atoms with E-state index in [1.54, 1.807) is 21.3 Å². The van der Waals surface area contributed by atoms with Gasteiger partial charge in [0, 0.05) is 45.3 Å². The van der Waals surface area contributed by atoms with Crippen LogP contribution in [0, 0.1) is 11.3 Å². The summed E-state index contributed by atoms with van der Waals surface area (Å²) in [5.41, 5.74) is 2.95. The first-order chi connectivity index (χ1) is 14.6. The summed E-state index contributed by atoms with van der Waals surface area (Å²) in [4.78, 5) is 6.76. The lowest BCUT2D eigenvalue weighted by Gasteiger charge is -2.19. The van der Waals surface area contributed by atoms with Gasteiger partial charge in [0.25, 0.3) is 0 Å². The van der Waals surface area contributed by atoms with Crippen molar-refractivity contribution in [2.75, 3.05) is 34.4 Å². The van der Waals surface area contributed by atoms with Gasteiger partial charge in [-0.15, -0.1) is 24.0 Å². The highest BCUT2D eigenvalue weighted by Crippen LogP contribution is 2.24. The maximum absolute atomic E-state index is 8.90. The van der Waals surface area contributed by atoms with E-state index < -0.39 is 0 Å². The molecule has 2 aromatic rings. The fourth-order valence-electron chi connectivity index (χ4n) is 3.58. The van der Waals surface area contributed by atoms with Crippen molar-refractivity contribution < 1.29 is 9.47 Å². The Kier molecular flexibility index (Phi) is 9.88. The third-order valence-electron chi connectivity index (χ3n) is 5.20. The monoisotopic (exact) mass is 535 g/mol. The summed E-state index contributed by atoms with van der Waals surface area (Å²) in [5, 5.41) is 15.8. The maximum Gasteiger partial charge on any atom is 0.191 e. The van der Waals surface area contributed by atoms with E-state index in [4.69, 9.17) is 14.7 Å². The zero-order valence-electron chi connectivity index (χ0n) is 18.2. The van der Waals surface area contributed by atoms with Crippen molar-refractivity contribution in [2.24, 2.45) is 4.99 Å². The summed E-state index contributed by atoms with van der Waals surface area (Å²) in [5.74, 6) is 2.41. The highest BCUT2D eigenvalue weighted by atomic mass is 127. The maximum atomic E-state index is 8.90. The molecule has 0 aliphatic carbocycles. The van der Waals surface area contributed by atoms with Gasteiger partial charge in [-0.25, -0.2) is 0 Å². The van der Waals surface area contributed by atoms with Gasteiger partial charge in [0.15, 0.2) is 5.96 Å². The Hall–Kier alpha value is -2.51. The van der Waals surface area contributed by atoms with E-state index in [1.807, 2.05) is 30.3 Å². The minimum absolute atomic E-state index is 0. The molecule has 2 aromatic carbocycles. The van der Waals surface area contributed by atoms with Crippen LogP contribution in [0.2, 0.25) is 0 Å². The second kappa shape index (κ2) is 12.4. The number of ether oxygens (including phenoxy) is 2. The predicted octanol–water partition coefficient (Wildman–Crippen LogP) is 3.13. The lowest BCUT2D eigenvalue weighted by Crippen LogP contribution is -2.44. The van der Waals surface area contributed by atoms with E-state index in [0.717, 1.165) is 49.1 Å². The number of likely N-dealkylation sites (tertiary alicyclic amines) is 1. The highest BCUT2D eigenvalue weighted by Gasteiger charge is 2.23. The molecule has 1 saturated heterocycles. The minimum atomic E-state index is 0. The summed E-state index contributed by atoms with van der Waals surface area (Å²) < 4.78 is 10.8. The minimum Gasteiger partial charge on any atom is -0.497 e. The smallest absolute Gasteiger partial charge is 0.191 e. The Morgan fingerprint density at radius 2 is 1.81 bits per heavy atom. The van der Waals surface area contributed by atoms with Crippen LogP contribution in [0.25, 0.3) is 0 Å². The van der Waals surface area contributed by atoms with Gasteiger partial charge in [0.1, 0.15) is 11.5 Å². The molecule has 8 heteroatoms. The third-order valence-corrected chi connectivity index (χ3v) is 5.20. The number of halogens is 1. The molecule has 1 heterocycles. The molecule has 3 rings (SSSR count). The zero-order chi connectivity index (χ0) is 21.3. The molecule has 0 saturated carbocycles. The van der Waals surface area contributed by atoms with Gasteiger partial charge in [-0.2, -0.15) is 5.26 Å². The van der Waals surface area contributed by atoms with E-state index in [2.05, 4.69) is 38.7 Å². The number of guanidine groups is 1. The Balaban J connectivity index is 0.00000341. The number of nitrogens with one attached hydrogen (secondary N) is 2. The van der Waals surface area contributed by atoms with Crippen molar-refractivity contribution in [1.82, 2.24) is 15.5 Å². The second-order valence-corrected chi connectivity index (χ2v) is 7.32. The van der Waals surface area contributed by atoms with Gasteiger partial charge in [0.05, 0.1) is 25.9 Å². The first-order valence-electron chi connectivity index (χ1n) is 10.0. The molecule has 0 spiro atoms. The number of hydrogen-bond acceptors (Lipinski definition) is 5. The number of nitriles is 1. The fraction of sp³-hybridized carbons (Fsp3) is 0.391. The summed E-state index contributed by atoms with van der Waals surface area (Å²) in [6.45, 7) is 3.47. The molecule has 1 unspecified atom stereocenters. The average molecular weight is 535 g/mol. The molecular weight excluding hydrogens is 505 g/mol. The van der Waals surface area contributed by atoms with Gasteiger partial charge in [0.2, 0.25) is 0 Å². The zero-order valence-corrected chi connectivity index (χ0v) is 20.6. The first-order valence-corrected chi connectivity index (χ1v) is 10.0. The van der Waals surface area contributed by atoms with Gasteiger partial charge in [-0.05, 0) is 41.8 Å². The summed E-state index contributed by atoms with van der Waals surface area (Å²) in [7, 11) is 5.12. The van der Waals surface area contributed by atoms with Crippen LogP contribution in [-0.4, -0.2) is 51.3 Å². The van der Waals surface area contributed by atoms with E-state index >= 15 is 0 Å². The largest absolute Gasteiger partial charge is 0.497 e. The van der Waals surface area contributed by atoms with Crippen molar-refractivity contribution in [2.45, 2.75) is 25.6 Å². The molecule has 166 valence electrons. The Labute approximate surface area is 201 Å². The molecule has 0 amide bonds. The molecule has 0 aromatic heterocycles. The van der Waals surface area contributed by atoms with Crippen LogP contribution in [0.5, 0.6) is 11.5 Å². The van der Waals surface area contributed by atoms with E-state index in [1.165, 1.54) is 5.56 Å². The number of benzene rings is 2. The predicted molar refractivity (Wildman–Crippen MR) is 133 cm³/mol. The van der Waals surface area contributed by atoms with Crippen LogP contribution in [0.4, 0.5) is 0 Å². The Morgan fingerprint density at radius 3 is 2.39 bits per heavy atom. The van der Waals surface area contributed by atoms with Gasteiger partial charge in [-0.3, -0.25) is 9.89 Å². The molecule has 1 atom stereocenters. The van der Waals surface area contributed by atoms with Crippen LogP contribution in [0.1, 0.15) is 23.1 Å². The summed E-state index contributed by atoms with van der Waals surface area (Å²) in [6, 6.07) is 16.1. The van der Waals surface area contributed by atoms with Crippen LogP contribution < -0.4 is 20.1 Å². The molecule has 0 bridgehead atoms. The van der Waals surface area contributed by atoms with Crippen LogP contribution in [0.15, 0.2) is 47.5 Å². The molecule has 2 N–H and O–H groups in total. The molecule has 7 nitrogen and oxygen atoms in total. The number of aliphatic imine (C=N–C) groups is 1. The van der Waals surface area contributed by atoms with Gasteiger partial charge >= 0.3 is 0 Å². The molecule has 1 aliphatic rings. The normalized spacial score (nSPS) is 16.2. The van der Waals surface area contributed by atoms with E-state index in [9.17, 15) is 0 Å². The van der Waals surface area contributed by atoms with E-state index in [0.29, 0.717) is 18.2 Å².